The van der Waals surface area contributed by atoms with Gasteiger partial charge in [0, 0.05) is 5.02 Å². The first-order valence-corrected chi connectivity index (χ1v) is 6.18. The molecule has 18 heavy (non-hydrogen) atoms. The number of hydrogen-bond donors (Lipinski definition) is 2. The van der Waals surface area contributed by atoms with E-state index in [2.05, 4.69) is 5.32 Å². The molecule has 1 aromatic carbocycles. The first kappa shape index (κ1) is 12.9. The van der Waals surface area contributed by atoms with Gasteiger partial charge in [-0.05, 0) is 30.5 Å². The third-order valence-corrected chi connectivity index (χ3v) is 3.65. The van der Waals surface area contributed by atoms with Gasteiger partial charge in [0.25, 0.3) is 0 Å². The number of halogens is 1. The largest absolute Gasteiger partial charge is 0.480 e. The van der Waals surface area contributed by atoms with Crippen molar-refractivity contribution in [1.82, 2.24) is 5.32 Å². The van der Waals surface area contributed by atoms with E-state index in [4.69, 9.17) is 16.7 Å². The van der Waals surface area contributed by atoms with Crippen LogP contribution in [0.5, 0.6) is 0 Å². The van der Waals surface area contributed by atoms with Gasteiger partial charge in [0.15, 0.2) is 0 Å². The summed E-state index contributed by atoms with van der Waals surface area (Å²) in [7, 11) is 0. The van der Waals surface area contributed by atoms with Gasteiger partial charge in [0.05, 0.1) is 5.41 Å². The summed E-state index contributed by atoms with van der Waals surface area (Å²) in [5, 5.41) is 11.6. The average molecular weight is 268 g/mol. The Kier molecular flexibility index (Phi) is 3.57. The Hall–Kier alpha value is -1.55. The van der Waals surface area contributed by atoms with Crippen molar-refractivity contribution in [3.05, 3.63) is 34.9 Å². The lowest BCUT2D eigenvalue weighted by molar-refractivity contribution is -0.139. The third kappa shape index (κ3) is 2.34. The second-order valence-corrected chi connectivity index (χ2v) is 4.96. The topological polar surface area (TPSA) is 66.4 Å². The number of rotatable bonds is 4. The molecule has 1 aliphatic carbocycles. The number of carbonyl (C=O) groups excluding carboxylic acids is 1. The summed E-state index contributed by atoms with van der Waals surface area (Å²) < 4.78 is 0. The van der Waals surface area contributed by atoms with Gasteiger partial charge in [0.2, 0.25) is 5.91 Å². The number of amides is 1. The molecule has 2 rings (SSSR count). The van der Waals surface area contributed by atoms with Crippen LogP contribution in [-0.4, -0.2) is 23.5 Å². The standard InChI is InChI=1S/C13H14ClNO3/c14-10-4-1-3-9(7-10)13(5-2-6-13)12(18)15-8-11(16)17/h1,3-4,7H,2,5-6,8H2,(H,15,18)(H,16,17). The molecule has 2 N–H and O–H groups in total. The molecule has 0 atom stereocenters. The predicted octanol–water partition coefficient (Wildman–Crippen LogP) is 1.96. The first-order valence-electron chi connectivity index (χ1n) is 5.81. The first-order chi connectivity index (χ1) is 8.54. The highest BCUT2D eigenvalue weighted by molar-refractivity contribution is 6.30. The molecule has 0 aromatic heterocycles. The summed E-state index contributed by atoms with van der Waals surface area (Å²) in [6.45, 7) is -0.346. The molecule has 1 saturated carbocycles. The van der Waals surface area contributed by atoms with Crippen molar-refractivity contribution in [3.63, 3.8) is 0 Å². The lowest BCUT2D eigenvalue weighted by Crippen LogP contribution is -2.50. The molecule has 0 saturated heterocycles. The van der Waals surface area contributed by atoms with E-state index in [1.54, 1.807) is 12.1 Å². The predicted molar refractivity (Wildman–Crippen MR) is 67.6 cm³/mol. The van der Waals surface area contributed by atoms with Gasteiger partial charge in [-0.3, -0.25) is 9.59 Å². The molecule has 0 spiro atoms. The van der Waals surface area contributed by atoms with Gasteiger partial charge in [0.1, 0.15) is 6.54 Å². The molecule has 5 heteroatoms. The monoisotopic (exact) mass is 267 g/mol. The molecule has 0 heterocycles. The van der Waals surface area contributed by atoms with Gasteiger partial charge in [-0.25, -0.2) is 0 Å². The second kappa shape index (κ2) is 4.98. The zero-order valence-electron chi connectivity index (χ0n) is 9.78. The lowest BCUT2D eigenvalue weighted by Gasteiger charge is -2.40. The number of carboxylic acids is 1. The van der Waals surface area contributed by atoms with Crippen LogP contribution in [0.4, 0.5) is 0 Å². The van der Waals surface area contributed by atoms with Crippen molar-refractivity contribution in [2.75, 3.05) is 6.54 Å². The van der Waals surface area contributed by atoms with E-state index in [-0.39, 0.29) is 12.5 Å². The summed E-state index contributed by atoms with van der Waals surface area (Å²) in [5.74, 6) is -1.26. The number of hydrogen-bond acceptors (Lipinski definition) is 2. The SMILES string of the molecule is O=C(O)CNC(=O)C1(c2cccc(Cl)c2)CCC1. The fraction of sp³-hybridized carbons (Fsp3) is 0.385. The van der Waals surface area contributed by atoms with E-state index in [0.717, 1.165) is 24.8 Å². The Bertz CT molecular complexity index is 483. The maximum absolute atomic E-state index is 12.1. The molecule has 1 aliphatic rings. The van der Waals surface area contributed by atoms with Gasteiger partial charge >= 0.3 is 5.97 Å². The van der Waals surface area contributed by atoms with Crippen molar-refractivity contribution in [3.8, 4) is 0 Å². The highest BCUT2D eigenvalue weighted by Crippen LogP contribution is 2.44. The van der Waals surface area contributed by atoms with Crippen LogP contribution in [0.2, 0.25) is 5.02 Å². The minimum Gasteiger partial charge on any atom is -0.480 e. The fourth-order valence-corrected chi connectivity index (χ4v) is 2.48. The number of carboxylic acid groups (broad SMARTS) is 1. The minimum atomic E-state index is -1.04. The lowest BCUT2D eigenvalue weighted by atomic mass is 9.64. The zero-order valence-corrected chi connectivity index (χ0v) is 10.5. The van der Waals surface area contributed by atoms with E-state index >= 15 is 0 Å². The maximum Gasteiger partial charge on any atom is 0.322 e. The molecule has 1 fully saturated rings. The Morgan fingerprint density at radius 3 is 2.61 bits per heavy atom. The highest BCUT2D eigenvalue weighted by atomic mass is 35.5. The van der Waals surface area contributed by atoms with E-state index < -0.39 is 11.4 Å². The second-order valence-electron chi connectivity index (χ2n) is 4.52. The Balaban J connectivity index is 2.20. The summed E-state index contributed by atoms with van der Waals surface area (Å²) in [5.41, 5.74) is 0.268. The number of carbonyl (C=O) groups is 2. The summed E-state index contributed by atoms with van der Waals surface area (Å²) in [6, 6.07) is 7.21. The van der Waals surface area contributed by atoms with E-state index in [0.29, 0.717) is 5.02 Å². The van der Waals surface area contributed by atoms with Gasteiger partial charge in [-0.15, -0.1) is 0 Å². The smallest absolute Gasteiger partial charge is 0.322 e. The van der Waals surface area contributed by atoms with E-state index in [1.807, 2.05) is 12.1 Å². The number of aliphatic carboxylic acids is 1. The molecule has 96 valence electrons. The highest BCUT2D eigenvalue weighted by Gasteiger charge is 2.45. The van der Waals surface area contributed by atoms with E-state index in [9.17, 15) is 9.59 Å². The van der Waals surface area contributed by atoms with Gasteiger partial charge in [-0.1, -0.05) is 30.2 Å². The quantitative estimate of drug-likeness (QED) is 0.876. The molecule has 4 nitrogen and oxygen atoms in total. The van der Waals surface area contributed by atoms with E-state index in [1.165, 1.54) is 0 Å². The van der Waals surface area contributed by atoms with Crippen molar-refractivity contribution >= 4 is 23.5 Å². The molecule has 1 amide bonds. The Labute approximate surface area is 110 Å². The number of benzene rings is 1. The van der Waals surface area contributed by atoms with Crippen molar-refractivity contribution < 1.29 is 14.7 Å². The molecule has 1 aromatic rings. The van der Waals surface area contributed by atoms with Crippen LogP contribution in [0.3, 0.4) is 0 Å². The van der Waals surface area contributed by atoms with Crippen LogP contribution in [0.15, 0.2) is 24.3 Å². The van der Waals surface area contributed by atoms with Crippen LogP contribution in [0.1, 0.15) is 24.8 Å². The van der Waals surface area contributed by atoms with Gasteiger partial charge in [-0.2, -0.15) is 0 Å². The molecule has 0 bridgehead atoms. The van der Waals surface area contributed by atoms with Crippen molar-refractivity contribution in [2.24, 2.45) is 0 Å². The molecular weight excluding hydrogens is 254 g/mol. The molecule has 0 radical (unpaired) electrons. The van der Waals surface area contributed by atoms with Gasteiger partial charge < -0.3 is 10.4 Å². The van der Waals surface area contributed by atoms with Crippen LogP contribution in [0.25, 0.3) is 0 Å². The van der Waals surface area contributed by atoms with Crippen LogP contribution in [-0.2, 0) is 15.0 Å². The van der Waals surface area contributed by atoms with Crippen LogP contribution < -0.4 is 5.32 Å². The molecule has 0 aliphatic heterocycles. The van der Waals surface area contributed by atoms with Crippen molar-refractivity contribution in [2.45, 2.75) is 24.7 Å². The minimum absolute atomic E-state index is 0.224. The Morgan fingerprint density at radius 1 is 1.39 bits per heavy atom. The molecule has 0 unspecified atom stereocenters. The maximum atomic E-state index is 12.1. The third-order valence-electron chi connectivity index (χ3n) is 3.42. The number of nitrogens with one attached hydrogen (secondary N) is 1. The zero-order chi connectivity index (χ0) is 13.2. The average Bonchev–Trinajstić information content (AvgIpc) is 2.25. The summed E-state index contributed by atoms with van der Waals surface area (Å²) in [6.07, 6.45) is 2.44. The summed E-state index contributed by atoms with van der Waals surface area (Å²) in [4.78, 5) is 22.6. The van der Waals surface area contributed by atoms with Crippen LogP contribution >= 0.6 is 11.6 Å². The Morgan fingerprint density at radius 2 is 2.11 bits per heavy atom. The van der Waals surface area contributed by atoms with Crippen molar-refractivity contribution in [1.29, 1.82) is 0 Å². The normalized spacial score (nSPS) is 16.7. The summed E-state index contributed by atoms with van der Waals surface area (Å²) >= 11 is 5.94. The fourth-order valence-electron chi connectivity index (χ4n) is 2.29. The van der Waals surface area contributed by atoms with Crippen LogP contribution in [0, 0.1) is 0 Å². The molecular formula is C13H14ClNO3.